The van der Waals surface area contributed by atoms with Crippen LogP contribution < -0.4 is 5.32 Å². The van der Waals surface area contributed by atoms with Crippen molar-refractivity contribution in [1.82, 2.24) is 15.2 Å². The van der Waals surface area contributed by atoms with E-state index in [0.29, 0.717) is 5.54 Å². The molecule has 1 saturated heterocycles. The largest absolute Gasteiger partial charge is 0.314 e. The van der Waals surface area contributed by atoms with Gasteiger partial charge in [0.1, 0.15) is 0 Å². The average molecular weight is 259 g/mol. The van der Waals surface area contributed by atoms with Crippen LogP contribution in [0, 0.1) is 6.92 Å². The van der Waals surface area contributed by atoms with E-state index in [1.165, 1.54) is 49.9 Å². The highest BCUT2D eigenvalue weighted by Gasteiger charge is 2.39. The van der Waals surface area contributed by atoms with Crippen LogP contribution in [0.25, 0.3) is 0 Å². The van der Waals surface area contributed by atoms with E-state index < -0.39 is 0 Å². The Morgan fingerprint density at radius 1 is 1.26 bits per heavy atom. The predicted octanol–water partition coefficient (Wildman–Crippen LogP) is 2.50. The Balaban J connectivity index is 1.75. The summed E-state index contributed by atoms with van der Waals surface area (Å²) < 4.78 is 0. The van der Waals surface area contributed by atoms with Crippen molar-refractivity contribution in [1.29, 1.82) is 0 Å². The minimum atomic E-state index is 0.406. The van der Waals surface area contributed by atoms with Gasteiger partial charge in [-0.1, -0.05) is 25.3 Å². The normalized spacial score (nSPS) is 23.6. The Labute approximate surface area is 116 Å². The predicted molar refractivity (Wildman–Crippen MR) is 78.1 cm³/mol. The molecule has 3 heteroatoms. The van der Waals surface area contributed by atoms with E-state index in [0.717, 1.165) is 19.6 Å². The third-order valence-electron chi connectivity index (χ3n) is 4.79. The molecule has 1 spiro atoms. The van der Waals surface area contributed by atoms with Crippen LogP contribution in [0.2, 0.25) is 0 Å². The standard InChI is InChI=1S/C16H25N3/c1-14-5-6-15(18-11-14)12-19-10-9-17-13-16(19)7-3-2-4-8-16/h5-6,11,17H,2-4,7-10,12-13H2,1H3. The molecule has 0 amide bonds. The number of rotatable bonds is 2. The van der Waals surface area contributed by atoms with Crippen LogP contribution in [0.4, 0.5) is 0 Å². The monoisotopic (exact) mass is 259 g/mol. The fourth-order valence-corrected chi connectivity index (χ4v) is 3.62. The molecule has 2 aliphatic rings. The lowest BCUT2D eigenvalue weighted by molar-refractivity contribution is 0.0199. The molecule has 1 N–H and O–H groups in total. The minimum Gasteiger partial charge on any atom is -0.314 e. The molecule has 1 aromatic heterocycles. The number of pyridine rings is 1. The molecule has 19 heavy (non-hydrogen) atoms. The van der Waals surface area contributed by atoms with E-state index in [2.05, 4.69) is 34.3 Å². The van der Waals surface area contributed by atoms with Crippen LogP contribution in [0.5, 0.6) is 0 Å². The molecular formula is C16H25N3. The van der Waals surface area contributed by atoms with Crippen molar-refractivity contribution in [2.75, 3.05) is 19.6 Å². The summed E-state index contributed by atoms with van der Waals surface area (Å²) in [6.45, 7) is 6.56. The number of aromatic nitrogens is 1. The highest BCUT2D eigenvalue weighted by molar-refractivity contribution is 5.13. The van der Waals surface area contributed by atoms with Crippen molar-refractivity contribution in [3.63, 3.8) is 0 Å². The molecule has 1 aliphatic carbocycles. The Hall–Kier alpha value is -0.930. The maximum atomic E-state index is 4.59. The SMILES string of the molecule is Cc1ccc(CN2CCNCC23CCCCC3)nc1. The van der Waals surface area contributed by atoms with Gasteiger partial charge in [0.15, 0.2) is 0 Å². The van der Waals surface area contributed by atoms with E-state index in [1.807, 2.05) is 6.20 Å². The molecule has 0 unspecified atom stereocenters. The number of nitrogens with zero attached hydrogens (tertiary/aromatic N) is 2. The van der Waals surface area contributed by atoms with Crippen LogP contribution in [-0.2, 0) is 6.54 Å². The van der Waals surface area contributed by atoms with Gasteiger partial charge in [0.05, 0.1) is 5.69 Å². The zero-order chi connectivity index (χ0) is 13.1. The third-order valence-corrected chi connectivity index (χ3v) is 4.79. The van der Waals surface area contributed by atoms with Crippen molar-refractivity contribution >= 4 is 0 Å². The number of aryl methyl sites for hydroxylation is 1. The van der Waals surface area contributed by atoms with Crippen LogP contribution in [-0.4, -0.2) is 35.1 Å². The summed E-state index contributed by atoms with van der Waals surface area (Å²) in [5, 5.41) is 3.61. The summed E-state index contributed by atoms with van der Waals surface area (Å²) in [6, 6.07) is 4.37. The van der Waals surface area contributed by atoms with Crippen LogP contribution in [0.1, 0.15) is 43.4 Å². The maximum absolute atomic E-state index is 4.59. The van der Waals surface area contributed by atoms with Crippen molar-refractivity contribution in [3.8, 4) is 0 Å². The third kappa shape index (κ3) is 2.82. The molecule has 0 aromatic carbocycles. The Bertz CT molecular complexity index is 398. The van der Waals surface area contributed by atoms with Gasteiger partial charge < -0.3 is 5.32 Å². The molecule has 3 nitrogen and oxygen atoms in total. The lowest BCUT2D eigenvalue weighted by Gasteiger charge is -2.49. The second-order valence-electron chi connectivity index (χ2n) is 6.21. The molecule has 104 valence electrons. The van der Waals surface area contributed by atoms with Gasteiger partial charge in [0.25, 0.3) is 0 Å². The average Bonchev–Trinajstić information content (AvgIpc) is 2.45. The molecule has 1 aromatic rings. The van der Waals surface area contributed by atoms with E-state index >= 15 is 0 Å². The van der Waals surface area contributed by atoms with Gasteiger partial charge >= 0.3 is 0 Å². The molecule has 0 atom stereocenters. The van der Waals surface area contributed by atoms with Gasteiger partial charge in [-0.15, -0.1) is 0 Å². The van der Waals surface area contributed by atoms with Crippen LogP contribution in [0.3, 0.4) is 0 Å². The van der Waals surface area contributed by atoms with Gasteiger partial charge in [-0.2, -0.15) is 0 Å². The summed E-state index contributed by atoms with van der Waals surface area (Å²) in [6.07, 6.45) is 8.89. The molecule has 0 bridgehead atoms. The number of hydrogen-bond donors (Lipinski definition) is 1. The first-order valence-electron chi connectivity index (χ1n) is 7.66. The summed E-state index contributed by atoms with van der Waals surface area (Å²) in [5.74, 6) is 0. The topological polar surface area (TPSA) is 28.2 Å². The number of hydrogen-bond acceptors (Lipinski definition) is 3. The van der Waals surface area contributed by atoms with Crippen molar-refractivity contribution < 1.29 is 0 Å². The summed E-state index contributed by atoms with van der Waals surface area (Å²) in [7, 11) is 0. The molecule has 1 saturated carbocycles. The lowest BCUT2D eigenvalue weighted by Crippen LogP contribution is -2.61. The lowest BCUT2D eigenvalue weighted by atomic mass is 9.79. The zero-order valence-electron chi connectivity index (χ0n) is 12.0. The van der Waals surface area contributed by atoms with E-state index in [9.17, 15) is 0 Å². The zero-order valence-corrected chi connectivity index (χ0v) is 12.0. The minimum absolute atomic E-state index is 0.406. The number of piperazine rings is 1. The second kappa shape index (κ2) is 5.59. The fourth-order valence-electron chi connectivity index (χ4n) is 3.62. The van der Waals surface area contributed by atoms with E-state index in [-0.39, 0.29) is 0 Å². The molecule has 2 heterocycles. The van der Waals surface area contributed by atoms with Crippen molar-refractivity contribution in [3.05, 3.63) is 29.6 Å². The Morgan fingerprint density at radius 2 is 2.11 bits per heavy atom. The smallest absolute Gasteiger partial charge is 0.0544 e. The molecule has 0 radical (unpaired) electrons. The molecule has 3 rings (SSSR count). The van der Waals surface area contributed by atoms with Crippen LogP contribution >= 0.6 is 0 Å². The molecule has 2 fully saturated rings. The van der Waals surface area contributed by atoms with Crippen molar-refractivity contribution in [2.24, 2.45) is 0 Å². The first-order chi connectivity index (χ1) is 9.28. The fraction of sp³-hybridized carbons (Fsp3) is 0.688. The van der Waals surface area contributed by atoms with E-state index in [1.54, 1.807) is 0 Å². The summed E-state index contributed by atoms with van der Waals surface area (Å²) >= 11 is 0. The number of nitrogens with one attached hydrogen (secondary N) is 1. The Kier molecular flexibility index (Phi) is 3.85. The van der Waals surface area contributed by atoms with Crippen LogP contribution in [0.15, 0.2) is 18.3 Å². The molecule has 1 aliphatic heterocycles. The van der Waals surface area contributed by atoms with Gasteiger partial charge in [-0.3, -0.25) is 9.88 Å². The van der Waals surface area contributed by atoms with E-state index in [4.69, 9.17) is 0 Å². The Morgan fingerprint density at radius 3 is 2.84 bits per heavy atom. The highest BCUT2D eigenvalue weighted by Crippen LogP contribution is 2.35. The quantitative estimate of drug-likeness (QED) is 0.884. The summed E-state index contributed by atoms with van der Waals surface area (Å²) in [5.41, 5.74) is 2.87. The highest BCUT2D eigenvalue weighted by atomic mass is 15.3. The first-order valence-corrected chi connectivity index (χ1v) is 7.66. The van der Waals surface area contributed by atoms with Gasteiger partial charge in [0.2, 0.25) is 0 Å². The van der Waals surface area contributed by atoms with Gasteiger partial charge in [0, 0.05) is 37.9 Å². The summed E-state index contributed by atoms with van der Waals surface area (Å²) in [4.78, 5) is 7.28. The second-order valence-corrected chi connectivity index (χ2v) is 6.21. The maximum Gasteiger partial charge on any atom is 0.0544 e. The van der Waals surface area contributed by atoms with Gasteiger partial charge in [-0.25, -0.2) is 0 Å². The van der Waals surface area contributed by atoms with Crippen molar-refractivity contribution in [2.45, 2.75) is 51.1 Å². The van der Waals surface area contributed by atoms with Gasteiger partial charge in [-0.05, 0) is 31.4 Å². The first kappa shape index (κ1) is 13.1. The molecular weight excluding hydrogens is 234 g/mol.